The van der Waals surface area contributed by atoms with Gasteiger partial charge < -0.3 is 62.2 Å². The molecule has 21 heteroatoms. The van der Waals surface area contributed by atoms with Gasteiger partial charge in [0.1, 0.15) is 30.5 Å². The molecule has 1 aliphatic rings. The first-order valence-corrected chi connectivity index (χ1v) is 15.9. The smallest absolute Gasteiger partial charge is 0.382 e. The van der Waals surface area contributed by atoms with Gasteiger partial charge in [0.2, 0.25) is 0 Å². The molecular formula is C21H44O19P2. The van der Waals surface area contributed by atoms with Crippen LogP contribution in [0.25, 0.3) is 0 Å². The van der Waals surface area contributed by atoms with Crippen LogP contribution in [-0.4, -0.2) is 162 Å². The van der Waals surface area contributed by atoms with Gasteiger partial charge in [0.05, 0.1) is 79.3 Å². The highest BCUT2D eigenvalue weighted by Gasteiger charge is 2.58. The van der Waals surface area contributed by atoms with Crippen LogP contribution in [0.3, 0.4) is 0 Å². The average Bonchev–Trinajstić information content (AvgIpc) is 2.91. The lowest BCUT2D eigenvalue weighted by molar-refractivity contribution is -0.357. The third-order valence-electron chi connectivity index (χ3n) is 5.49. The molecule has 0 aromatic rings. The summed E-state index contributed by atoms with van der Waals surface area (Å²) in [5, 5.41) is 9.86. The van der Waals surface area contributed by atoms with Crippen LogP contribution >= 0.6 is 15.6 Å². The zero-order valence-corrected chi connectivity index (χ0v) is 25.6. The average molecular weight is 663 g/mol. The van der Waals surface area contributed by atoms with Crippen LogP contribution in [0.2, 0.25) is 0 Å². The molecule has 0 amide bonds. The molecule has 252 valence electrons. The zero-order chi connectivity index (χ0) is 31.4. The molecule has 0 bridgehead atoms. The number of hydrogen-bond acceptors (Lipinski definition) is 15. The topological polar surface area (TPSA) is 246 Å². The van der Waals surface area contributed by atoms with Crippen molar-refractivity contribution in [3.8, 4) is 0 Å². The molecule has 6 atom stereocenters. The van der Waals surface area contributed by atoms with Crippen molar-refractivity contribution in [2.45, 2.75) is 36.6 Å². The summed E-state index contributed by atoms with van der Waals surface area (Å²) in [6.45, 7) is 0.771. The number of phosphoric ester groups is 2. The van der Waals surface area contributed by atoms with Crippen molar-refractivity contribution in [2.75, 3.05) is 101 Å². The normalized spacial score (nSPS) is 25.2. The lowest BCUT2D eigenvalue weighted by Gasteiger charge is -2.48. The predicted molar refractivity (Wildman–Crippen MR) is 139 cm³/mol. The number of ether oxygens (including phenoxy) is 9. The van der Waals surface area contributed by atoms with Crippen molar-refractivity contribution in [1.29, 1.82) is 0 Å². The molecule has 5 N–H and O–H groups in total. The Labute approximate surface area is 243 Å². The van der Waals surface area contributed by atoms with Gasteiger partial charge in [-0.1, -0.05) is 0 Å². The Morgan fingerprint density at radius 1 is 0.452 bits per heavy atom. The van der Waals surface area contributed by atoms with E-state index in [-0.39, 0.29) is 66.1 Å². The van der Waals surface area contributed by atoms with E-state index in [1.54, 1.807) is 0 Å². The number of methoxy groups -OCH3 is 3. The van der Waals surface area contributed by atoms with Crippen molar-refractivity contribution in [3.05, 3.63) is 0 Å². The molecule has 3 unspecified atom stereocenters. The lowest BCUT2D eigenvalue weighted by Crippen LogP contribution is -2.67. The summed E-state index contributed by atoms with van der Waals surface area (Å²) in [4.78, 5) is 43.3. The van der Waals surface area contributed by atoms with Crippen LogP contribution < -0.4 is 0 Å². The maximum absolute atomic E-state index is 12.0. The largest absolute Gasteiger partial charge is 0.470 e. The van der Waals surface area contributed by atoms with Crippen LogP contribution in [-0.2, 0) is 65.7 Å². The summed E-state index contributed by atoms with van der Waals surface area (Å²) in [6.07, 6.45) is -10.0. The molecule has 0 spiro atoms. The Morgan fingerprint density at radius 3 is 1.00 bits per heavy atom. The van der Waals surface area contributed by atoms with Crippen molar-refractivity contribution >= 4 is 15.6 Å². The van der Waals surface area contributed by atoms with Crippen LogP contribution in [0.5, 0.6) is 0 Å². The van der Waals surface area contributed by atoms with Crippen LogP contribution in [0.4, 0.5) is 0 Å². The Bertz CT molecular complexity index is 714. The molecule has 0 heterocycles. The quantitative estimate of drug-likeness (QED) is 0.0321. The van der Waals surface area contributed by atoms with Gasteiger partial charge in [-0.3, -0.25) is 14.3 Å². The van der Waals surface area contributed by atoms with Crippen LogP contribution in [0.1, 0.15) is 0 Å². The first kappa shape index (κ1) is 39.8. The van der Waals surface area contributed by atoms with Crippen molar-refractivity contribution in [3.63, 3.8) is 0 Å². The minimum absolute atomic E-state index is 0.0131. The van der Waals surface area contributed by atoms with Gasteiger partial charge in [-0.05, 0) is 0 Å². The second-order valence-electron chi connectivity index (χ2n) is 8.51. The summed E-state index contributed by atoms with van der Waals surface area (Å²) < 4.78 is 81.9. The first-order chi connectivity index (χ1) is 20.0. The highest BCUT2D eigenvalue weighted by molar-refractivity contribution is 7.46. The van der Waals surface area contributed by atoms with Crippen molar-refractivity contribution < 1.29 is 90.5 Å². The minimum atomic E-state index is -5.30. The maximum atomic E-state index is 12.0. The molecule has 1 aliphatic carbocycles. The minimum Gasteiger partial charge on any atom is -0.382 e. The summed E-state index contributed by atoms with van der Waals surface area (Å²) in [5.74, 6) is 0. The van der Waals surface area contributed by atoms with Crippen LogP contribution in [0.15, 0.2) is 0 Å². The van der Waals surface area contributed by atoms with Gasteiger partial charge in [0, 0.05) is 21.3 Å². The second-order valence-corrected chi connectivity index (χ2v) is 10.9. The van der Waals surface area contributed by atoms with E-state index in [9.17, 15) is 34.0 Å². The summed E-state index contributed by atoms with van der Waals surface area (Å²) in [5.41, 5.74) is 0. The van der Waals surface area contributed by atoms with E-state index in [1.807, 2.05) is 0 Å². The van der Waals surface area contributed by atoms with E-state index in [0.29, 0.717) is 13.2 Å². The molecular weight excluding hydrogens is 618 g/mol. The van der Waals surface area contributed by atoms with E-state index >= 15 is 0 Å². The number of phosphoric acid groups is 2. The van der Waals surface area contributed by atoms with Gasteiger partial charge in [-0.2, -0.15) is 0 Å². The highest BCUT2D eigenvalue weighted by atomic mass is 31.2. The predicted octanol–water partition coefficient (Wildman–Crippen LogP) is -1.04. The van der Waals surface area contributed by atoms with Crippen molar-refractivity contribution in [1.82, 2.24) is 0 Å². The van der Waals surface area contributed by atoms with Gasteiger partial charge >= 0.3 is 15.6 Å². The van der Waals surface area contributed by atoms with Gasteiger partial charge in [-0.15, -0.1) is 0 Å². The molecule has 0 aliphatic heterocycles. The van der Waals surface area contributed by atoms with Crippen LogP contribution in [0, 0.1) is 0 Å². The van der Waals surface area contributed by atoms with E-state index in [1.165, 1.54) is 21.3 Å². The molecule has 1 fully saturated rings. The number of rotatable bonds is 26. The summed E-state index contributed by atoms with van der Waals surface area (Å²) in [6, 6.07) is 0. The monoisotopic (exact) mass is 662 g/mol. The van der Waals surface area contributed by atoms with Gasteiger partial charge in [-0.25, -0.2) is 14.0 Å². The lowest BCUT2D eigenvalue weighted by atomic mass is 9.84. The SMILES string of the molecule is COCCOCCOC1C(OP(=O)(O)O)[C@H](OCCOCCOC)[C@H](OO)C(OCCOCCOC)[C@@H]1OP(=O)(O)O. The van der Waals surface area contributed by atoms with Gasteiger partial charge in [0.25, 0.3) is 0 Å². The van der Waals surface area contributed by atoms with Gasteiger partial charge in [0.15, 0.2) is 6.10 Å². The van der Waals surface area contributed by atoms with E-state index < -0.39 is 52.3 Å². The van der Waals surface area contributed by atoms with E-state index in [0.717, 1.165) is 0 Å². The Hall–Kier alpha value is -0.220. The highest BCUT2D eigenvalue weighted by Crippen LogP contribution is 2.47. The molecule has 1 rings (SSSR count). The molecule has 42 heavy (non-hydrogen) atoms. The molecule has 0 saturated heterocycles. The third-order valence-corrected chi connectivity index (χ3v) is 6.53. The Morgan fingerprint density at radius 2 is 0.738 bits per heavy atom. The fourth-order valence-electron chi connectivity index (χ4n) is 3.83. The zero-order valence-electron chi connectivity index (χ0n) is 23.8. The fourth-order valence-corrected chi connectivity index (χ4v) is 4.94. The summed E-state index contributed by atoms with van der Waals surface area (Å²) >= 11 is 0. The first-order valence-electron chi connectivity index (χ1n) is 12.8. The Balaban J connectivity index is 3.33. The molecule has 0 aromatic carbocycles. The molecule has 0 radical (unpaired) electrons. The Kier molecular flexibility index (Phi) is 21.1. The second kappa shape index (κ2) is 22.3. The third kappa shape index (κ3) is 16.7. The van der Waals surface area contributed by atoms with E-state index in [2.05, 4.69) is 4.89 Å². The van der Waals surface area contributed by atoms with E-state index in [4.69, 9.17) is 51.7 Å². The standard InChI is InChI=1S/C21H44O19P2/c1-29-4-7-32-10-13-35-16-19(38-22)17(36-14-11-33-8-5-30-2)21(40-42(26,27)28)18(20(16)39-41(23,24)25)37-15-12-34-9-6-31-3/h16-22H,4-15H2,1-3H3,(H2,23,24,25)(H2,26,27,28)/t16-,17?,18?,19+,20?,21+/m1/s1. The molecule has 19 nitrogen and oxygen atoms in total. The molecule has 1 saturated carbocycles. The fraction of sp³-hybridized carbons (Fsp3) is 1.00. The summed E-state index contributed by atoms with van der Waals surface area (Å²) in [7, 11) is -6.17. The van der Waals surface area contributed by atoms with Crippen molar-refractivity contribution in [2.24, 2.45) is 0 Å². The molecule has 0 aromatic heterocycles. The number of hydrogen-bond donors (Lipinski definition) is 5. The maximum Gasteiger partial charge on any atom is 0.470 e.